The average Bonchev–Trinajstić information content (AvgIpc) is 2.89. The number of anilines is 1. The molecule has 21 heavy (non-hydrogen) atoms. The van der Waals surface area contributed by atoms with E-state index in [1.807, 2.05) is 0 Å². The van der Waals surface area contributed by atoms with E-state index in [0.717, 1.165) is 31.8 Å². The fourth-order valence-corrected chi connectivity index (χ4v) is 3.36. The van der Waals surface area contributed by atoms with Crippen LogP contribution in [0.15, 0.2) is 23.1 Å². The normalized spacial score (nSPS) is 18.7. The Morgan fingerprint density at radius 3 is 2.71 bits per heavy atom. The van der Waals surface area contributed by atoms with Crippen LogP contribution in [0.4, 0.5) is 11.4 Å². The highest BCUT2D eigenvalue weighted by atomic mass is 32.2. The van der Waals surface area contributed by atoms with Crippen LogP contribution < -0.4 is 4.90 Å². The van der Waals surface area contributed by atoms with Gasteiger partial charge in [0.05, 0.1) is 21.6 Å². The van der Waals surface area contributed by atoms with Crippen LogP contribution in [0, 0.1) is 10.1 Å². The third-order valence-corrected chi connectivity index (χ3v) is 4.59. The Labute approximate surface area is 123 Å². The van der Waals surface area contributed by atoms with Crippen molar-refractivity contribution in [3.8, 4) is 0 Å². The van der Waals surface area contributed by atoms with E-state index in [-0.39, 0.29) is 16.7 Å². The Morgan fingerprint density at radius 2 is 2.19 bits per heavy atom. The van der Waals surface area contributed by atoms with Crippen molar-refractivity contribution in [2.75, 3.05) is 31.4 Å². The van der Waals surface area contributed by atoms with Crippen LogP contribution in [0.5, 0.6) is 0 Å². The highest BCUT2D eigenvalue weighted by Crippen LogP contribution is 2.29. The summed E-state index contributed by atoms with van der Waals surface area (Å²) in [5.41, 5.74) is 0.225. The second-order valence-corrected chi connectivity index (χ2v) is 7.18. The molecule has 0 aliphatic carbocycles. The van der Waals surface area contributed by atoms with E-state index in [1.165, 1.54) is 12.1 Å². The van der Waals surface area contributed by atoms with E-state index in [4.69, 9.17) is 4.74 Å². The number of non-ortho nitro benzene ring substituents is 1. The van der Waals surface area contributed by atoms with Gasteiger partial charge in [0.1, 0.15) is 0 Å². The number of nitro groups is 1. The predicted molar refractivity (Wildman–Crippen MR) is 78.5 cm³/mol. The molecule has 1 aliphatic heterocycles. The number of benzene rings is 1. The van der Waals surface area contributed by atoms with Crippen molar-refractivity contribution < 1.29 is 18.1 Å². The molecule has 0 radical (unpaired) electrons. The van der Waals surface area contributed by atoms with Crippen LogP contribution in [0.25, 0.3) is 0 Å². The van der Waals surface area contributed by atoms with Crippen LogP contribution >= 0.6 is 0 Å². The molecule has 1 saturated heterocycles. The fourth-order valence-electron chi connectivity index (χ4n) is 2.42. The monoisotopic (exact) mass is 314 g/mol. The van der Waals surface area contributed by atoms with Crippen molar-refractivity contribution in [3.05, 3.63) is 28.3 Å². The Morgan fingerprint density at radius 1 is 1.48 bits per heavy atom. The summed E-state index contributed by atoms with van der Waals surface area (Å²) in [5.74, 6) is 0. The lowest BCUT2D eigenvalue weighted by molar-refractivity contribution is -0.385. The van der Waals surface area contributed by atoms with Gasteiger partial charge in [-0.3, -0.25) is 10.1 Å². The second-order valence-electron chi connectivity index (χ2n) is 5.20. The lowest BCUT2D eigenvalue weighted by Crippen LogP contribution is -2.29. The van der Waals surface area contributed by atoms with Crippen LogP contribution in [0.2, 0.25) is 0 Å². The van der Waals surface area contributed by atoms with Gasteiger partial charge in [0.2, 0.25) is 0 Å². The average molecular weight is 314 g/mol. The molecule has 116 valence electrons. The molecule has 1 aliphatic rings. The molecule has 0 spiro atoms. The molecule has 0 aromatic heterocycles. The van der Waals surface area contributed by atoms with Crippen LogP contribution in [-0.4, -0.2) is 45.9 Å². The summed E-state index contributed by atoms with van der Waals surface area (Å²) in [6.45, 7) is 1.28. The van der Waals surface area contributed by atoms with E-state index in [0.29, 0.717) is 12.2 Å². The standard InChI is InChI=1S/C13H18N2O5S/c1-14(9-11-4-3-7-20-11)12-6-5-10(15(16)17)8-13(12)21(2,18)19/h5-6,8,11H,3-4,7,9H2,1-2H3. The number of hydrogen-bond donors (Lipinski definition) is 0. The van der Waals surface area contributed by atoms with Crippen LogP contribution in [0.1, 0.15) is 12.8 Å². The third kappa shape index (κ3) is 3.70. The van der Waals surface area contributed by atoms with Gasteiger partial charge in [0.25, 0.3) is 5.69 Å². The summed E-state index contributed by atoms with van der Waals surface area (Å²) in [5, 5.41) is 10.8. The second kappa shape index (κ2) is 5.98. The quantitative estimate of drug-likeness (QED) is 0.606. The SMILES string of the molecule is CN(CC1CCCO1)c1ccc([N+](=O)[O-])cc1S(C)(=O)=O. The van der Waals surface area contributed by atoms with Gasteiger partial charge in [-0.2, -0.15) is 0 Å². The maximum Gasteiger partial charge on any atom is 0.270 e. The molecule has 7 nitrogen and oxygen atoms in total. The molecular weight excluding hydrogens is 296 g/mol. The van der Waals surface area contributed by atoms with Crippen molar-refractivity contribution in [2.24, 2.45) is 0 Å². The number of hydrogen-bond acceptors (Lipinski definition) is 6. The van der Waals surface area contributed by atoms with Gasteiger partial charge in [0.15, 0.2) is 9.84 Å². The first-order chi connectivity index (χ1) is 9.79. The first-order valence-electron chi connectivity index (χ1n) is 6.60. The van der Waals surface area contributed by atoms with E-state index in [9.17, 15) is 18.5 Å². The van der Waals surface area contributed by atoms with Gasteiger partial charge < -0.3 is 9.64 Å². The maximum absolute atomic E-state index is 11.9. The molecule has 0 bridgehead atoms. The number of ether oxygens (including phenoxy) is 1. The summed E-state index contributed by atoms with van der Waals surface area (Å²) in [4.78, 5) is 12.0. The van der Waals surface area contributed by atoms with Crippen molar-refractivity contribution in [1.29, 1.82) is 0 Å². The Balaban J connectivity index is 2.35. The van der Waals surface area contributed by atoms with Crippen molar-refractivity contribution in [2.45, 2.75) is 23.8 Å². The van der Waals surface area contributed by atoms with E-state index in [1.54, 1.807) is 11.9 Å². The molecule has 1 heterocycles. The topological polar surface area (TPSA) is 89.8 Å². The fraction of sp³-hybridized carbons (Fsp3) is 0.538. The number of rotatable bonds is 5. The zero-order valence-corrected chi connectivity index (χ0v) is 12.8. The number of nitro benzene ring substituents is 1. The molecule has 2 rings (SSSR count). The summed E-state index contributed by atoms with van der Waals surface area (Å²) in [6.07, 6.45) is 3.05. The minimum atomic E-state index is -3.56. The van der Waals surface area contributed by atoms with Gasteiger partial charge in [-0.1, -0.05) is 0 Å². The summed E-state index contributed by atoms with van der Waals surface area (Å²) < 4.78 is 29.3. The predicted octanol–water partition coefficient (Wildman–Crippen LogP) is 1.61. The number of sulfone groups is 1. The van der Waals surface area contributed by atoms with E-state index in [2.05, 4.69) is 0 Å². The molecule has 1 unspecified atom stereocenters. The van der Waals surface area contributed by atoms with Gasteiger partial charge in [-0.25, -0.2) is 8.42 Å². The van der Waals surface area contributed by atoms with Crippen molar-refractivity contribution in [3.63, 3.8) is 0 Å². The number of likely N-dealkylation sites (N-methyl/N-ethyl adjacent to an activating group) is 1. The number of nitrogens with zero attached hydrogens (tertiary/aromatic N) is 2. The largest absolute Gasteiger partial charge is 0.376 e. The highest BCUT2D eigenvalue weighted by molar-refractivity contribution is 7.90. The molecule has 8 heteroatoms. The third-order valence-electron chi connectivity index (χ3n) is 3.47. The van der Waals surface area contributed by atoms with Gasteiger partial charge in [-0.15, -0.1) is 0 Å². The molecule has 0 N–H and O–H groups in total. The summed E-state index contributed by atoms with van der Waals surface area (Å²) >= 11 is 0. The molecule has 1 atom stereocenters. The molecule has 1 aromatic carbocycles. The Kier molecular flexibility index (Phi) is 4.48. The maximum atomic E-state index is 11.9. The van der Waals surface area contributed by atoms with Crippen molar-refractivity contribution >= 4 is 21.2 Å². The molecule has 0 saturated carbocycles. The molecular formula is C13H18N2O5S. The van der Waals surface area contributed by atoms with Gasteiger partial charge >= 0.3 is 0 Å². The van der Waals surface area contributed by atoms with Gasteiger partial charge in [-0.05, 0) is 18.9 Å². The zero-order valence-electron chi connectivity index (χ0n) is 12.0. The minimum absolute atomic E-state index is 0.0304. The van der Waals surface area contributed by atoms with Crippen LogP contribution in [-0.2, 0) is 14.6 Å². The van der Waals surface area contributed by atoms with E-state index < -0.39 is 14.8 Å². The smallest absolute Gasteiger partial charge is 0.270 e. The molecule has 1 aromatic rings. The van der Waals surface area contributed by atoms with Crippen molar-refractivity contribution in [1.82, 2.24) is 0 Å². The van der Waals surface area contributed by atoms with E-state index >= 15 is 0 Å². The summed E-state index contributed by atoms with van der Waals surface area (Å²) in [6, 6.07) is 3.90. The molecule has 1 fully saturated rings. The molecule has 0 amide bonds. The van der Waals surface area contributed by atoms with Crippen LogP contribution in [0.3, 0.4) is 0 Å². The zero-order chi connectivity index (χ0) is 15.6. The lowest BCUT2D eigenvalue weighted by Gasteiger charge is -2.24. The lowest BCUT2D eigenvalue weighted by atomic mass is 10.2. The minimum Gasteiger partial charge on any atom is -0.376 e. The van der Waals surface area contributed by atoms with Gasteiger partial charge in [0, 0.05) is 38.6 Å². The highest BCUT2D eigenvalue weighted by Gasteiger charge is 2.23. The first kappa shape index (κ1) is 15.7. The Hall–Kier alpha value is -1.67. The first-order valence-corrected chi connectivity index (χ1v) is 8.49. The summed E-state index contributed by atoms with van der Waals surface area (Å²) in [7, 11) is -1.79. The Bertz CT molecular complexity index is 638.